The standard InChI is InChI=1S/C20H29ClN2O4/c1-7-27-18(25)17-12(2)16(13(3)22(17)6)15(24)10-23(14-8-9-14)19(26)20(4,5)11-21/h14H,7-11H2,1-6H3. The molecule has 1 heterocycles. The predicted molar refractivity (Wildman–Crippen MR) is 104 cm³/mol. The number of esters is 1. The summed E-state index contributed by atoms with van der Waals surface area (Å²) in [6, 6.07) is 0.0952. The maximum absolute atomic E-state index is 13.1. The smallest absolute Gasteiger partial charge is 0.355 e. The van der Waals surface area contributed by atoms with Crippen molar-refractivity contribution in [2.24, 2.45) is 12.5 Å². The normalized spacial score (nSPS) is 14.2. The van der Waals surface area contributed by atoms with E-state index >= 15 is 0 Å². The van der Waals surface area contributed by atoms with E-state index in [-0.39, 0.29) is 36.8 Å². The lowest BCUT2D eigenvalue weighted by molar-refractivity contribution is -0.139. The van der Waals surface area contributed by atoms with Gasteiger partial charge in [0.05, 0.1) is 18.6 Å². The van der Waals surface area contributed by atoms with E-state index in [1.807, 2.05) is 0 Å². The topological polar surface area (TPSA) is 68.6 Å². The van der Waals surface area contributed by atoms with E-state index in [1.54, 1.807) is 51.1 Å². The third-order valence-corrected chi connectivity index (χ3v) is 5.82. The van der Waals surface area contributed by atoms with Crippen LogP contribution in [0.3, 0.4) is 0 Å². The van der Waals surface area contributed by atoms with Gasteiger partial charge in [-0.15, -0.1) is 11.6 Å². The Hall–Kier alpha value is -1.82. The van der Waals surface area contributed by atoms with Gasteiger partial charge in [-0.05, 0) is 53.0 Å². The highest BCUT2D eigenvalue weighted by molar-refractivity contribution is 6.20. The highest BCUT2D eigenvalue weighted by Gasteiger charge is 2.40. The largest absolute Gasteiger partial charge is 0.461 e. The van der Waals surface area contributed by atoms with E-state index in [1.165, 1.54) is 0 Å². The lowest BCUT2D eigenvalue weighted by Gasteiger charge is -2.30. The first-order valence-electron chi connectivity index (χ1n) is 9.30. The van der Waals surface area contributed by atoms with Crippen LogP contribution in [0.1, 0.15) is 65.7 Å². The van der Waals surface area contributed by atoms with Crippen molar-refractivity contribution >= 4 is 29.3 Å². The summed E-state index contributed by atoms with van der Waals surface area (Å²) in [5.41, 5.74) is 1.44. The Balaban J connectivity index is 2.33. The minimum Gasteiger partial charge on any atom is -0.461 e. The third kappa shape index (κ3) is 4.21. The number of hydrogen-bond donors (Lipinski definition) is 0. The Labute approximate surface area is 165 Å². The van der Waals surface area contributed by atoms with Crippen LogP contribution in [-0.4, -0.2) is 52.2 Å². The summed E-state index contributed by atoms with van der Waals surface area (Å²) in [5, 5.41) is 0. The number of carbonyl (C=O) groups is 3. The zero-order valence-electron chi connectivity index (χ0n) is 17.0. The molecule has 0 atom stereocenters. The second kappa shape index (κ2) is 8.05. The molecular formula is C20H29ClN2O4. The number of carbonyl (C=O) groups excluding carboxylic acids is 3. The van der Waals surface area contributed by atoms with Crippen LogP contribution in [0.25, 0.3) is 0 Å². The SMILES string of the molecule is CCOC(=O)c1c(C)c(C(=O)CN(C(=O)C(C)(C)CCl)C2CC2)c(C)n1C. The van der Waals surface area contributed by atoms with Gasteiger partial charge in [0.15, 0.2) is 5.78 Å². The lowest BCUT2D eigenvalue weighted by Crippen LogP contribution is -2.45. The number of halogens is 1. The molecular weight excluding hydrogens is 368 g/mol. The number of ketones is 1. The molecule has 1 amide bonds. The number of rotatable bonds is 8. The maximum atomic E-state index is 13.1. The predicted octanol–water partition coefficient (Wildman–Crippen LogP) is 3.26. The highest BCUT2D eigenvalue weighted by Crippen LogP contribution is 2.32. The number of ether oxygens (including phenoxy) is 1. The summed E-state index contributed by atoms with van der Waals surface area (Å²) >= 11 is 5.96. The Kier molecular flexibility index (Phi) is 6.40. The maximum Gasteiger partial charge on any atom is 0.355 e. The van der Waals surface area contributed by atoms with Gasteiger partial charge >= 0.3 is 5.97 Å². The summed E-state index contributed by atoms with van der Waals surface area (Å²) in [6.07, 6.45) is 1.80. The van der Waals surface area contributed by atoms with E-state index in [4.69, 9.17) is 16.3 Å². The van der Waals surface area contributed by atoms with Gasteiger partial charge in [-0.1, -0.05) is 0 Å². The number of Topliss-reactive ketones (excluding diaryl/α,β-unsaturated/α-hetero) is 1. The zero-order chi connectivity index (χ0) is 20.5. The zero-order valence-corrected chi connectivity index (χ0v) is 17.8. The molecule has 0 aliphatic heterocycles. The van der Waals surface area contributed by atoms with Crippen LogP contribution in [0.15, 0.2) is 0 Å². The van der Waals surface area contributed by atoms with E-state index in [0.717, 1.165) is 12.8 Å². The Morgan fingerprint density at radius 1 is 1.26 bits per heavy atom. The first kappa shape index (κ1) is 21.5. The molecule has 0 aromatic carbocycles. The van der Waals surface area contributed by atoms with Gasteiger partial charge in [0.25, 0.3) is 0 Å². The second-order valence-corrected chi connectivity index (χ2v) is 8.09. The van der Waals surface area contributed by atoms with Crippen LogP contribution in [-0.2, 0) is 16.6 Å². The quantitative estimate of drug-likeness (QED) is 0.384. The number of alkyl halides is 1. The van der Waals surface area contributed by atoms with Crippen molar-refractivity contribution in [2.75, 3.05) is 19.0 Å². The van der Waals surface area contributed by atoms with Gasteiger partial charge in [0.1, 0.15) is 5.69 Å². The molecule has 0 unspecified atom stereocenters. The molecule has 0 N–H and O–H groups in total. The minimum absolute atomic E-state index is 0.00220. The fourth-order valence-electron chi connectivity index (χ4n) is 3.31. The van der Waals surface area contributed by atoms with Crippen LogP contribution in [0, 0.1) is 19.3 Å². The van der Waals surface area contributed by atoms with Crippen molar-refractivity contribution in [3.05, 3.63) is 22.5 Å². The van der Waals surface area contributed by atoms with Crippen LogP contribution < -0.4 is 0 Å². The highest BCUT2D eigenvalue weighted by atomic mass is 35.5. The molecule has 0 spiro atoms. The summed E-state index contributed by atoms with van der Waals surface area (Å²) in [5.74, 6) is -0.523. The molecule has 1 saturated carbocycles. The van der Waals surface area contributed by atoms with Crippen LogP contribution in [0.4, 0.5) is 0 Å². The third-order valence-electron chi connectivity index (χ3n) is 5.15. The molecule has 0 radical (unpaired) electrons. The molecule has 1 fully saturated rings. The summed E-state index contributed by atoms with van der Waals surface area (Å²) in [7, 11) is 1.74. The number of nitrogens with zero attached hydrogens (tertiary/aromatic N) is 2. The van der Waals surface area contributed by atoms with Gasteiger partial charge in [0, 0.05) is 30.2 Å². The average molecular weight is 397 g/mol. The second-order valence-electron chi connectivity index (χ2n) is 7.82. The molecule has 150 valence electrons. The first-order chi connectivity index (χ1) is 12.6. The molecule has 1 aliphatic rings. The molecule has 1 aromatic rings. The number of amides is 1. The monoisotopic (exact) mass is 396 g/mol. The number of hydrogen-bond acceptors (Lipinski definition) is 4. The lowest BCUT2D eigenvalue weighted by atomic mass is 9.93. The Morgan fingerprint density at radius 2 is 1.85 bits per heavy atom. The number of aromatic nitrogens is 1. The van der Waals surface area contributed by atoms with E-state index < -0.39 is 11.4 Å². The molecule has 1 aromatic heterocycles. The molecule has 6 nitrogen and oxygen atoms in total. The van der Waals surface area contributed by atoms with Crippen LogP contribution >= 0.6 is 11.6 Å². The van der Waals surface area contributed by atoms with Crippen molar-refractivity contribution in [1.82, 2.24) is 9.47 Å². The molecule has 7 heteroatoms. The van der Waals surface area contributed by atoms with Gasteiger partial charge < -0.3 is 14.2 Å². The van der Waals surface area contributed by atoms with Gasteiger partial charge in [0.2, 0.25) is 5.91 Å². The fraction of sp³-hybridized carbons (Fsp3) is 0.650. The summed E-state index contributed by atoms with van der Waals surface area (Å²) in [4.78, 5) is 39.9. The van der Waals surface area contributed by atoms with Crippen molar-refractivity contribution in [1.29, 1.82) is 0 Å². The van der Waals surface area contributed by atoms with Crippen molar-refractivity contribution in [3.8, 4) is 0 Å². The molecule has 0 bridgehead atoms. The van der Waals surface area contributed by atoms with Crippen LogP contribution in [0.5, 0.6) is 0 Å². The van der Waals surface area contributed by atoms with Gasteiger partial charge in [-0.2, -0.15) is 0 Å². The molecule has 0 saturated heterocycles. The van der Waals surface area contributed by atoms with Crippen LogP contribution in [0.2, 0.25) is 0 Å². The minimum atomic E-state index is -0.721. The average Bonchev–Trinajstić information content (AvgIpc) is 3.41. The summed E-state index contributed by atoms with van der Waals surface area (Å²) < 4.78 is 6.80. The van der Waals surface area contributed by atoms with Gasteiger partial charge in [-0.25, -0.2) is 4.79 Å². The molecule has 27 heavy (non-hydrogen) atoms. The first-order valence-corrected chi connectivity index (χ1v) is 9.83. The molecule has 1 aliphatic carbocycles. The summed E-state index contributed by atoms with van der Waals surface area (Å²) in [6.45, 7) is 9.14. The van der Waals surface area contributed by atoms with Crippen molar-refractivity contribution < 1.29 is 19.1 Å². The Bertz CT molecular complexity index is 763. The van der Waals surface area contributed by atoms with Crippen molar-refractivity contribution in [3.63, 3.8) is 0 Å². The van der Waals surface area contributed by atoms with E-state index in [9.17, 15) is 14.4 Å². The van der Waals surface area contributed by atoms with E-state index in [2.05, 4.69) is 0 Å². The van der Waals surface area contributed by atoms with E-state index in [0.29, 0.717) is 22.5 Å². The Morgan fingerprint density at radius 3 is 2.33 bits per heavy atom. The molecule has 2 rings (SSSR count). The van der Waals surface area contributed by atoms with Crippen molar-refractivity contribution in [2.45, 2.75) is 53.5 Å². The fourth-order valence-corrected chi connectivity index (χ4v) is 3.42. The van der Waals surface area contributed by atoms with Gasteiger partial charge in [-0.3, -0.25) is 9.59 Å².